The van der Waals surface area contributed by atoms with Crippen molar-refractivity contribution in [3.63, 3.8) is 0 Å². The second-order valence-electron chi connectivity index (χ2n) is 4.78. The third-order valence-corrected chi connectivity index (χ3v) is 3.27. The van der Waals surface area contributed by atoms with E-state index in [0.717, 1.165) is 11.6 Å². The summed E-state index contributed by atoms with van der Waals surface area (Å²) in [7, 11) is 0. The van der Waals surface area contributed by atoms with Crippen LogP contribution >= 0.6 is 11.6 Å². The molecule has 0 aromatic heterocycles. The lowest BCUT2D eigenvalue weighted by Crippen LogP contribution is -2.03. The Balaban J connectivity index is 3.08. The van der Waals surface area contributed by atoms with Gasteiger partial charge in [0.05, 0.1) is 10.7 Å². The van der Waals surface area contributed by atoms with Crippen LogP contribution < -0.4 is 5.32 Å². The summed E-state index contributed by atoms with van der Waals surface area (Å²) in [5, 5.41) is 3.50. The Morgan fingerprint density at radius 1 is 1.36 bits per heavy atom. The Morgan fingerprint density at radius 2 is 2.05 bits per heavy atom. The first-order valence-corrected chi connectivity index (χ1v) is 7.38. The Kier molecular flexibility index (Phi) is 7.06. The van der Waals surface area contributed by atoms with Crippen LogP contribution in [0.5, 0.6) is 0 Å². The maximum atomic E-state index is 14.2. The van der Waals surface area contributed by atoms with Gasteiger partial charge in [-0.05, 0) is 38.0 Å². The highest BCUT2D eigenvalue weighted by molar-refractivity contribution is 6.33. The Morgan fingerprint density at radius 3 is 2.64 bits per heavy atom. The van der Waals surface area contributed by atoms with E-state index in [9.17, 15) is 8.78 Å². The normalized spacial score (nSPS) is 13.3. The van der Waals surface area contributed by atoms with Crippen LogP contribution in [0.3, 0.4) is 0 Å². The molecule has 0 atom stereocenters. The van der Waals surface area contributed by atoms with Gasteiger partial charge in [0.25, 0.3) is 0 Å². The molecule has 0 saturated heterocycles. The van der Waals surface area contributed by atoms with Gasteiger partial charge in [0, 0.05) is 17.3 Å². The number of hydrogen-bond donors (Lipinski definition) is 1. The largest absolute Gasteiger partial charge is 0.354 e. The lowest BCUT2D eigenvalue weighted by atomic mass is 10.1. The third-order valence-electron chi connectivity index (χ3n) is 2.94. The van der Waals surface area contributed by atoms with Crippen LogP contribution in [0.25, 0.3) is 0 Å². The molecule has 0 heterocycles. The molecule has 0 bridgehead atoms. The second kappa shape index (κ2) is 8.54. The maximum absolute atomic E-state index is 14.2. The van der Waals surface area contributed by atoms with Crippen LogP contribution in [0.2, 0.25) is 5.02 Å². The SMILES string of the molecule is C=C(Nc1cc(C)ccc1Cl)C(=C\CC)/C(F)=C\C(F)=C/C. The van der Waals surface area contributed by atoms with Gasteiger partial charge in [-0.2, -0.15) is 0 Å². The molecule has 0 aliphatic rings. The number of nitrogens with one attached hydrogen (secondary N) is 1. The molecule has 0 unspecified atom stereocenters. The molecule has 22 heavy (non-hydrogen) atoms. The van der Waals surface area contributed by atoms with Crippen molar-refractivity contribution in [2.45, 2.75) is 27.2 Å². The topological polar surface area (TPSA) is 12.0 Å². The fourth-order valence-corrected chi connectivity index (χ4v) is 1.98. The molecule has 1 aromatic rings. The summed E-state index contributed by atoms with van der Waals surface area (Å²) >= 11 is 6.11. The first kappa shape index (κ1) is 18.2. The molecule has 0 radical (unpaired) electrons. The van der Waals surface area contributed by atoms with E-state index in [-0.39, 0.29) is 5.57 Å². The van der Waals surface area contributed by atoms with E-state index in [0.29, 0.717) is 22.8 Å². The van der Waals surface area contributed by atoms with E-state index in [1.807, 2.05) is 26.0 Å². The quantitative estimate of drug-likeness (QED) is 0.579. The van der Waals surface area contributed by atoms with Crippen molar-refractivity contribution in [3.05, 3.63) is 76.5 Å². The van der Waals surface area contributed by atoms with Gasteiger partial charge in [-0.3, -0.25) is 0 Å². The van der Waals surface area contributed by atoms with Crippen LogP contribution in [0.1, 0.15) is 25.8 Å². The Labute approximate surface area is 135 Å². The van der Waals surface area contributed by atoms with Gasteiger partial charge in [0.1, 0.15) is 11.7 Å². The van der Waals surface area contributed by atoms with Crippen molar-refractivity contribution in [1.82, 2.24) is 0 Å². The molecule has 4 heteroatoms. The molecular formula is C18H20ClF2N. The van der Waals surface area contributed by atoms with Gasteiger partial charge < -0.3 is 5.32 Å². The van der Waals surface area contributed by atoms with Gasteiger partial charge in [-0.25, -0.2) is 8.78 Å². The van der Waals surface area contributed by atoms with Crippen LogP contribution in [0, 0.1) is 6.92 Å². The molecule has 0 fully saturated rings. The number of aryl methyl sites for hydroxylation is 1. The molecule has 0 aliphatic heterocycles. The van der Waals surface area contributed by atoms with Crippen molar-refractivity contribution < 1.29 is 8.78 Å². The van der Waals surface area contributed by atoms with Crippen molar-refractivity contribution >= 4 is 17.3 Å². The first-order chi connectivity index (χ1) is 10.4. The molecule has 0 aliphatic carbocycles. The van der Waals surface area contributed by atoms with E-state index < -0.39 is 11.7 Å². The summed E-state index contributed by atoms with van der Waals surface area (Å²) in [5.74, 6) is -1.32. The van der Waals surface area contributed by atoms with Crippen molar-refractivity contribution in [1.29, 1.82) is 0 Å². The van der Waals surface area contributed by atoms with Gasteiger partial charge in [-0.1, -0.05) is 43.3 Å². The molecule has 1 aromatic carbocycles. The molecule has 118 valence electrons. The summed E-state index contributed by atoms with van der Waals surface area (Å²) in [4.78, 5) is 0. The van der Waals surface area contributed by atoms with Gasteiger partial charge in [0.2, 0.25) is 0 Å². The monoisotopic (exact) mass is 323 g/mol. The Hall–Kier alpha value is -1.87. The fourth-order valence-electron chi connectivity index (χ4n) is 1.82. The summed E-state index contributed by atoms with van der Waals surface area (Å²) in [6.07, 6.45) is 4.27. The zero-order valence-corrected chi connectivity index (χ0v) is 13.8. The maximum Gasteiger partial charge on any atom is 0.135 e. The van der Waals surface area contributed by atoms with E-state index >= 15 is 0 Å². The predicted molar refractivity (Wildman–Crippen MR) is 91.4 cm³/mol. The summed E-state index contributed by atoms with van der Waals surface area (Å²) < 4.78 is 27.4. The van der Waals surface area contributed by atoms with Crippen molar-refractivity contribution in [2.75, 3.05) is 5.32 Å². The lowest BCUT2D eigenvalue weighted by molar-refractivity contribution is 0.622. The molecule has 1 nitrogen and oxygen atoms in total. The van der Waals surface area contributed by atoms with Crippen LogP contribution in [0.4, 0.5) is 14.5 Å². The van der Waals surface area contributed by atoms with Crippen molar-refractivity contribution in [2.24, 2.45) is 0 Å². The standard InChI is InChI=1S/C18H20ClF2N/c1-5-7-15(17(21)11-14(20)6-2)13(4)22-18-10-12(3)8-9-16(18)19/h6-11,22H,4-5H2,1-3H3/b14-6+,15-7+,17-11+. The van der Waals surface area contributed by atoms with Crippen LogP contribution in [-0.2, 0) is 0 Å². The predicted octanol–water partition coefficient (Wildman–Crippen LogP) is 6.64. The number of halogens is 3. The average molecular weight is 324 g/mol. The van der Waals surface area contributed by atoms with Crippen LogP contribution in [0.15, 0.2) is 65.9 Å². The highest BCUT2D eigenvalue weighted by Crippen LogP contribution is 2.28. The minimum absolute atomic E-state index is 0.220. The summed E-state index contributed by atoms with van der Waals surface area (Å²) in [6, 6.07) is 5.47. The van der Waals surface area contributed by atoms with E-state index in [1.165, 1.54) is 13.0 Å². The second-order valence-corrected chi connectivity index (χ2v) is 5.19. The number of allylic oxidation sites excluding steroid dienone is 5. The molecule has 1 N–H and O–H groups in total. The third kappa shape index (κ3) is 5.15. The smallest absolute Gasteiger partial charge is 0.135 e. The lowest BCUT2D eigenvalue weighted by Gasteiger charge is -2.14. The summed E-state index contributed by atoms with van der Waals surface area (Å²) in [6.45, 7) is 9.13. The molecule has 0 saturated carbocycles. The van der Waals surface area contributed by atoms with E-state index in [2.05, 4.69) is 11.9 Å². The first-order valence-electron chi connectivity index (χ1n) is 7.01. The average Bonchev–Trinajstić information content (AvgIpc) is 2.48. The Bertz CT molecular complexity index is 642. The van der Waals surface area contributed by atoms with Crippen molar-refractivity contribution in [3.8, 4) is 0 Å². The molecular weight excluding hydrogens is 304 g/mol. The van der Waals surface area contributed by atoms with Gasteiger partial charge in [-0.15, -0.1) is 0 Å². The minimum Gasteiger partial charge on any atom is -0.354 e. The zero-order chi connectivity index (χ0) is 16.7. The van der Waals surface area contributed by atoms with Gasteiger partial charge >= 0.3 is 0 Å². The summed E-state index contributed by atoms with van der Waals surface area (Å²) in [5.41, 5.74) is 2.19. The number of rotatable bonds is 6. The van der Waals surface area contributed by atoms with E-state index in [4.69, 9.17) is 11.6 Å². The molecule has 0 amide bonds. The van der Waals surface area contributed by atoms with Gasteiger partial charge in [0.15, 0.2) is 0 Å². The molecule has 1 rings (SSSR count). The highest BCUT2D eigenvalue weighted by Gasteiger charge is 2.11. The highest BCUT2D eigenvalue weighted by atomic mass is 35.5. The minimum atomic E-state index is -0.682. The van der Waals surface area contributed by atoms with Crippen LogP contribution in [-0.4, -0.2) is 0 Å². The number of anilines is 1. The fraction of sp³-hybridized carbons (Fsp3) is 0.222. The van der Waals surface area contributed by atoms with E-state index in [1.54, 1.807) is 12.1 Å². The number of benzene rings is 1. The molecule has 0 spiro atoms. The zero-order valence-electron chi connectivity index (χ0n) is 13.0. The number of hydrogen-bond acceptors (Lipinski definition) is 1.